The van der Waals surface area contributed by atoms with Gasteiger partial charge in [0.2, 0.25) is 0 Å². The number of hydrogen-bond donors (Lipinski definition) is 0. The molecule has 0 unspecified atom stereocenters. The maximum absolute atomic E-state index is 13.7. The fourth-order valence-corrected chi connectivity index (χ4v) is 5.19. The summed E-state index contributed by atoms with van der Waals surface area (Å²) in [5, 5.41) is 2.28. The molecule has 35 heavy (non-hydrogen) atoms. The summed E-state index contributed by atoms with van der Waals surface area (Å²) < 4.78 is 5.15. The van der Waals surface area contributed by atoms with Crippen LogP contribution in [0.25, 0.3) is 0 Å². The Morgan fingerprint density at radius 2 is 1.60 bits per heavy atom. The van der Waals surface area contributed by atoms with Crippen LogP contribution in [0.3, 0.4) is 0 Å². The Morgan fingerprint density at radius 1 is 0.971 bits per heavy atom. The zero-order chi connectivity index (χ0) is 25.4. The molecule has 2 aliphatic rings. The Hall–Kier alpha value is -2.90. The van der Waals surface area contributed by atoms with E-state index in [0.717, 1.165) is 16.4 Å². The summed E-state index contributed by atoms with van der Waals surface area (Å²) >= 11 is 12.1. The van der Waals surface area contributed by atoms with Gasteiger partial charge in [0.15, 0.2) is 5.78 Å². The lowest BCUT2D eigenvalue weighted by molar-refractivity contribution is -0.156. The Kier molecular flexibility index (Phi) is 7.20. The van der Waals surface area contributed by atoms with Crippen molar-refractivity contribution < 1.29 is 23.9 Å². The van der Waals surface area contributed by atoms with Gasteiger partial charge in [-0.3, -0.25) is 19.2 Å². The highest BCUT2D eigenvalue weighted by molar-refractivity contribution is 6.42. The third kappa shape index (κ3) is 4.67. The molecule has 0 N–H and O–H groups in total. The van der Waals surface area contributed by atoms with Gasteiger partial charge in [-0.2, -0.15) is 5.01 Å². The Labute approximate surface area is 213 Å². The number of hydrogen-bond acceptors (Lipinski definition) is 5. The Balaban J connectivity index is 1.75. The van der Waals surface area contributed by atoms with Crippen molar-refractivity contribution in [1.29, 1.82) is 0 Å². The molecule has 1 saturated carbocycles. The first-order valence-corrected chi connectivity index (χ1v) is 12.2. The minimum Gasteiger partial charge on any atom is -0.497 e. The topological polar surface area (TPSA) is 84.0 Å². The van der Waals surface area contributed by atoms with E-state index >= 15 is 0 Å². The molecule has 3 amide bonds. The molecular formula is C26H26Cl2N2O5. The van der Waals surface area contributed by atoms with Crippen molar-refractivity contribution in [2.45, 2.75) is 39.2 Å². The molecule has 4 atom stereocenters. The van der Waals surface area contributed by atoms with Crippen LogP contribution in [0.1, 0.15) is 53.8 Å². The molecule has 2 aromatic rings. The molecule has 184 valence electrons. The normalized spacial score (nSPS) is 22.5. The van der Waals surface area contributed by atoms with Crippen LogP contribution in [-0.4, -0.2) is 46.7 Å². The molecule has 1 heterocycles. The summed E-state index contributed by atoms with van der Waals surface area (Å²) in [4.78, 5) is 54.1. The van der Waals surface area contributed by atoms with Gasteiger partial charge in [0, 0.05) is 11.1 Å². The summed E-state index contributed by atoms with van der Waals surface area (Å²) in [5.41, 5.74) is 0.424. The van der Waals surface area contributed by atoms with E-state index in [0.29, 0.717) is 30.1 Å². The van der Waals surface area contributed by atoms with Crippen molar-refractivity contribution in [3.8, 4) is 5.75 Å². The number of nitrogens with zero attached hydrogens (tertiary/aromatic N) is 2. The number of ketones is 1. The van der Waals surface area contributed by atoms with Crippen LogP contribution in [0.4, 0.5) is 0 Å². The van der Waals surface area contributed by atoms with Gasteiger partial charge in [-0.05, 0) is 74.6 Å². The molecule has 9 heteroatoms. The van der Waals surface area contributed by atoms with Gasteiger partial charge in [-0.25, -0.2) is 5.01 Å². The van der Waals surface area contributed by atoms with Crippen molar-refractivity contribution in [2.24, 2.45) is 17.8 Å². The first kappa shape index (κ1) is 25.2. The first-order valence-electron chi connectivity index (χ1n) is 11.5. The number of fused-ring (bicyclic) bond motifs is 1. The van der Waals surface area contributed by atoms with E-state index in [2.05, 4.69) is 0 Å². The van der Waals surface area contributed by atoms with E-state index < -0.39 is 41.4 Å². The number of Topliss-reactive ketones (excluding diaryl/α,β-unsaturated/α-hetero) is 1. The molecule has 7 nitrogen and oxygen atoms in total. The van der Waals surface area contributed by atoms with Crippen LogP contribution in [0.2, 0.25) is 10.0 Å². The largest absolute Gasteiger partial charge is 0.497 e. The van der Waals surface area contributed by atoms with Gasteiger partial charge in [0.1, 0.15) is 11.8 Å². The van der Waals surface area contributed by atoms with Crippen LogP contribution in [-0.2, 0) is 9.59 Å². The average molecular weight is 517 g/mol. The monoisotopic (exact) mass is 516 g/mol. The number of amides is 3. The lowest BCUT2D eigenvalue weighted by Gasteiger charge is -2.34. The van der Waals surface area contributed by atoms with Gasteiger partial charge in [-0.1, -0.05) is 30.1 Å². The standard InChI is InChI=1S/C26H26Cl2N2O5/c1-14-4-10-19-20(12-14)26(34)30(25(19)33)29(24(32)17-7-11-21(27)22(28)13-17)15(2)23(31)16-5-8-18(35-3)9-6-16/h5-9,11,13-15,19-20H,4,10,12H2,1-3H3/t14-,15+,19-,20-/m1/s1. The molecule has 1 aliphatic carbocycles. The number of halogens is 2. The zero-order valence-electron chi connectivity index (χ0n) is 19.7. The van der Waals surface area contributed by atoms with Gasteiger partial charge in [-0.15, -0.1) is 0 Å². The number of rotatable bonds is 6. The molecule has 2 fully saturated rings. The van der Waals surface area contributed by atoms with Gasteiger partial charge >= 0.3 is 0 Å². The SMILES string of the molecule is COc1ccc(C(=O)[C@H](C)N(C(=O)c2ccc(Cl)c(Cl)c2)N2C(=O)[C@@H]3CC[C@@H](C)C[C@H]3C2=O)cc1. The van der Waals surface area contributed by atoms with E-state index in [4.69, 9.17) is 27.9 Å². The average Bonchev–Trinajstić information content (AvgIpc) is 3.09. The first-order chi connectivity index (χ1) is 16.6. The van der Waals surface area contributed by atoms with E-state index in [1.54, 1.807) is 24.3 Å². The van der Waals surface area contributed by atoms with Gasteiger partial charge < -0.3 is 4.74 Å². The van der Waals surface area contributed by atoms with E-state index in [9.17, 15) is 19.2 Å². The second kappa shape index (κ2) is 9.99. The van der Waals surface area contributed by atoms with Crippen LogP contribution in [0, 0.1) is 17.8 Å². The van der Waals surface area contributed by atoms with Gasteiger partial charge in [0.05, 0.1) is 29.0 Å². The quantitative estimate of drug-likeness (QED) is 0.396. The predicted molar refractivity (Wildman–Crippen MR) is 131 cm³/mol. The van der Waals surface area contributed by atoms with Gasteiger partial charge in [0.25, 0.3) is 17.7 Å². The number of methoxy groups -OCH3 is 1. The van der Waals surface area contributed by atoms with Crippen molar-refractivity contribution in [2.75, 3.05) is 7.11 Å². The fourth-order valence-electron chi connectivity index (χ4n) is 4.89. The Morgan fingerprint density at radius 3 is 2.23 bits per heavy atom. The van der Waals surface area contributed by atoms with Crippen LogP contribution >= 0.6 is 23.2 Å². The number of carbonyl (C=O) groups excluding carboxylic acids is 4. The third-order valence-corrected chi connectivity index (χ3v) is 7.61. The minimum atomic E-state index is -1.14. The van der Waals surface area contributed by atoms with Crippen LogP contribution in [0.15, 0.2) is 42.5 Å². The fraction of sp³-hybridized carbons (Fsp3) is 0.385. The van der Waals surface area contributed by atoms with Crippen molar-refractivity contribution in [3.05, 3.63) is 63.6 Å². The maximum Gasteiger partial charge on any atom is 0.273 e. The second-order valence-electron chi connectivity index (χ2n) is 9.17. The second-order valence-corrected chi connectivity index (χ2v) is 9.98. The third-order valence-electron chi connectivity index (χ3n) is 6.88. The minimum absolute atomic E-state index is 0.109. The number of benzene rings is 2. The molecule has 4 rings (SSSR count). The number of imide groups is 1. The summed E-state index contributed by atoms with van der Waals surface area (Å²) in [6.07, 6.45) is 1.97. The summed E-state index contributed by atoms with van der Waals surface area (Å²) in [6, 6.07) is 9.55. The highest BCUT2D eigenvalue weighted by Gasteiger charge is 2.54. The summed E-state index contributed by atoms with van der Waals surface area (Å²) in [6.45, 7) is 3.55. The molecule has 1 aliphatic heterocycles. The van der Waals surface area contributed by atoms with Crippen molar-refractivity contribution in [3.63, 3.8) is 0 Å². The van der Waals surface area contributed by atoms with E-state index in [-0.39, 0.29) is 15.6 Å². The maximum atomic E-state index is 13.7. The zero-order valence-corrected chi connectivity index (χ0v) is 21.2. The van der Waals surface area contributed by atoms with Crippen molar-refractivity contribution in [1.82, 2.24) is 10.0 Å². The molecule has 0 spiro atoms. The Bertz CT molecular complexity index is 1180. The van der Waals surface area contributed by atoms with E-state index in [1.807, 2.05) is 6.92 Å². The highest BCUT2D eigenvalue weighted by atomic mass is 35.5. The smallest absolute Gasteiger partial charge is 0.273 e. The molecule has 2 aromatic carbocycles. The predicted octanol–water partition coefficient (Wildman–Crippen LogP) is 5.05. The number of hydrazine groups is 1. The van der Waals surface area contributed by atoms with Crippen LogP contribution < -0.4 is 4.74 Å². The van der Waals surface area contributed by atoms with E-state index in [1.165, 1.54) is 32.2 Å². The number of ether oxygens (including phenoxy) is 1. The lowest BCUT2D eigenvalue weighted by atomic mass is 9.76. The number of carbonyl (C=O) groups is 4. The molecule has 0 bridgehead atoms. The summed E-state index contributed by atoms with van der Waals surface area (Å²) in [5.74, 6) is -2.14. The lowest BCUT2D eigenvalue weighted by Crippen LogP contribution is -2.56. The van der Waals surface area contributed by atoms with Crippen LogP contribution in [0.5, 0.6) is 5.75 Å². The van der Waals surface area contributed by atoms with Crippen molar-refractivity contribution >= 4 is 46.7 Å². The summed E-state index contributed by atoms with van der Waals surface area (Å²) in [7, 11) is 1.52. The molecule has 0 radical (unpaired) electrons. The molecule has 1 saturated heterocycles. The highest BCUT2D eigenvalue weighted by Crippen LogP contribution is 2.42. The molecular weight excluding hydrogens is 491 g/mol. The molecule has 0 aromatic heterocycles.